The van der Waals surface area contributed by atoms with Crippen molar-refractivity contribution in [3.63, 3.8) is 0 Å². The zero-order valence-electron chi connectivity index (χ0n) is 13.5. The second-order valence-corrected chi connectivity index (χ2v) is 6.43. The number of carbonyl (C=O) groups is 1. The number of benzene rings is 2. The molecule has 2 aromatic carbocycles. The van der Waals surface area contributed by atoms with Crippen LogP contribution in [0.1, 0.15) is 34.9 Å². The van der Waals surface area contributed by atoms with Gasteiger partial charge in [0.1, 0.15) is 0 Å². The van der Waals surface area contributed by atoms with Crippen molar-refractivity contribution in [2.75, 3.05) is 7.11 Å². The highest BCUT2D eigenvalue weighted by Gasteiger charge is 2.30. The third-order valence-corrected chi connectivity index (χ3v) is 4.45. The summed E-state index contributed by atoms with van der Waals surface area (Å²) in [7, 11) is 1.36. The van der Waals surface area contributed by atoms with Gasteiger partial charge in [-0.15, -0.1) is 5.10 Å². The highest BCUT2D eigenvalue weighted by atomic mass is 35.5. The van der Waals surface area contributed by atoms with E-state index in [4.69, 9.17) is 16.3 Å². The Hall–Kier alpha value is -2.73. The normalized spacial score (nSPS) is 13.7. The lowest BCUT2D eigenvalue weighted by Gasteiger charge is -2.10. The lowest BCUT2D eigenvalue weighted by atomic mass is 10.0. The Bertz CT molecular complexity index is 933. The van der Waals surface area contributed by atoms with Crippen LogP contribution in [-0.2, 0) is 4.74 Å². The van der Waals surface area contributed by atoms with Gasteiger partial charge in [0.2, 0.25) is 0 Å². The molecule has 3 aromatic rings. The van der Waals surface area contributed by atoms with Gasteiger partial charge in [0.15, 0.2) is 5.82 Å². The Kier molecular flexibility index (Phi) is 3.97. The van der Waals surface area contributed by atoms with Crippen LogP contribution in [0.5, 0.6) is 0 Å². The van der Waals surface area contributed by atoms with Gasteiger partial charge < -0.3 is 4.74 Å². The summed E-state index contributed by atoms with van der Waals surface area (Å²) in [6.45, 7) is 0. The number of hydrogen-bond donors (Lipinski definition) is 0. The summed E-state index contributed by atoms with van der Waals surface area (Å²) in [6, 6.07) is 12.9. The van der Waals surface area contributed by atoms with Gasteiger partial charge in [-0.3, -0.25) is 0 Å². The van der Waals surface area contributed by atoms with E-state index >= 15 is 0 Å². The average molecular weight is 355 g/mol. The van der Waals surface area contributed by atoms with E-state index in [0.717, 1.165) is 35.5 Å². The van der Waals surface area contributed by atoms with Gasteiger partial charge in [-0.1, -0.05) is 23.7 Å². The van der Waals surface area contributed by atoms with E-state index in [-0.39, 0.29) is 0 Å². The molecular formula is C18H15ClN4O2. The van der Waals surface area contributed by atoms with E-state index in [1.807, 2.05) is 30.3 Å². The topological polar surface area (TPSA) is 69.9 Å². The molecule has 0 bridgehead atoms. The summed E-state index contributed by atoms with van der Waals surface area (Å²) in [5, 5.41) is 12.7. The number of hydrogen-bond acceptors (Lipinski definition) is 5. The SMILES string of the molecule is COC(=O)c1cc(-c2ccc(Cl)cc2)cc(-n2nnnc2C2CC2)c1. The lowest BCUT2D eigenvalue weighted by Crippen LogP contribution is -2.07. The summed E-state index contributed by atoms with van der Waals surface area (Å²) in [4.78, 5) is 12.1. The first-order valence-electron chi connectivity index (χ1n) is 7.93. The molecule has 1 aromatic heterocycles. The number of carbonyl (C=O) groups excluding carboxylic acids is 1. The summed E-state index contributed by atoms with van der Waals surface area (Å²) in [5.41, 5.74) is 2.99. The van der Waals surface area contributed by atoms with Crippen molar-refractivity contribution < 1.29 is 9.53 Å². The molecular weight excluding hydrogens is 340 g/mol. The van der Waals surface area contributed by atoms with Crippen molar-refractivity contribution in [1.29, 1.82) is 0 Å². The van der Waals surface area contributed by atoms with E-state index in [1.165, 1.54) is 7.11 Å². The predicted molar refractivity (Wildman–Crippen MR) is 92.9 cm³/mol. The molecule has 4 rings (SSSR count). The van der Waals surface area contributed by atoms with Gasteiger partial charge in [-0.2, -0.15) is 4.68 Å². The number of halogens is 1. The van der Waals surface area contributed by atoms with Crippen LogP contribution in [0.4, 0.5) is 0 Å². The van der Waals surface area contributed by atoms with Crippen LogP contribution in [0, 0.1) is 0 Å². The van der Waals surface area contributed by atoms with E-state index in [0.29, 0.717) is 16.5 Å². The second-order valence-electron chi connectivity index (χ2n) is 5.99. The number of ether oxygens (including phenoxy) is 1. The fourth-order valence-corrected chi connectivity index (χ4v) is 2.88. The maximum absolute atomic E-state index is 12.1. The molecule has 1 fully saturated rings. The van der Waals surface area contributed by atoms with Crippen LogP contribution in [0.3, 0.4) is 0 Å². The average Bonchev–Trinajstić information content (AvgIpc) is 3.37. The quantitative estimate of drug-likeness (QED) is 0.669. The van der Waals surface area contributed by atoms with Crippen LogP contribution in [0.25, 0.3) is 16.8 Å². The minimum atomic E-state index is -0.405. The molecule has 0 unspecified atom stereocenters. The van der Waals surface area contributed by atoms with Crippen molar-refractivity contribution in [3.8, 4) is 16.8 Å². The molecule has 1 aliphatic rings. The number of esters is 1. The molecule has 0 spiro atoms. The Labute approximate surface area is 149 Å². The first kappa shape index (κ1) is 15.8. The minimum Gasteiger partial charge on any atom is -0.465 e. The van der Waals surface area contributed by atoms with Gasteiger partial charge in [0.05, 0.1) is 18.4 Å². The van der Waals surface area contributed by atoms with Gasteiger partial charge in [0.25, 0.3) is 0 Å². The van der Waals surface area contributed by atoms with Crippen molar-refractivity contribution >= 4 is 17.6 Å². The fourth-order valence-electron chi connectivity index (χ4n) is 2.75. The zero-order valence-corrected chi connectivity index (χ0v) is 14.3. The van der Waals surface area contributed by atoms with Crippen LogP contribution >= 0.6 is 11.6 Å². The molecule has 0 aliphatic heterocycles. The Morgan fingerprint density at radius 2 is 1.92 bits per heavy atom. The number of rotatable bonds is 4. The van der Waals surface area contributed by atoms with Gasteiger partial charge in [-0.25, -0.2) is 4.79 Å². The van der Waals surface area contributed by atoms with Crippen molar-refractivity contribution in [3.05, 3.63) is 58.9 Å². The molecule has 25 heavy (non-hydrogen) atoms. The van der Waals surface area contributed by atoms with E-state index < -0.39 is 5.97 Å². The van der Waals surface area contributed by atoms with E-state index in [2.05, 4.69) is 15.5 Å². The number of methoxy groups -OCH3 is 1. The highest BCUT2D eigenvalue weighted by Crippen LogP contribution is 2.39. The molecule has 126 valence electrons. The molecule has 1 saturated carbocycles. The maximum atomic E-state index is 12.1. The minimum absolute atomic E-state index is 0.385. The van der Waals surface area contributed by atoms with Crippen LogP contribution < -0.4 is 0 Å². The Balaban J connectivity index is 1.85. The van der Waals surface area contributed by atoms with E-state index in [1.54, 1.807) is 16.8 Å². The van der Waals surface area contributed by atoms with E-state index in [9.17, 15) is 4.79 Å². The van der Waals surface area contributed by atoms with Gasteiger partial charge in [0, 0.05) is 10.9 Å². The highest BCUT2D eigenvalue weighted by molar-refractivity contribution is 6.30. The third-order valence-electron chi connectivity index (χ3n) is 4.20. The van der Waals surface area contributed by atoms with Gasteiger partial charge >= 0.3 is 5.97 Å². The smallest absolute Gasteiger partial charge is 0.337 e. The number of tetrazole rings is 1. The molecule has 6 nitrogen and oxygen atoms in total. The Morgan fingerprint density at radius 3 is 2.60 bits per heavy atom. The van der Waals surface area contributed by atoms with Crippen LogP contribution in [0.15, 0.2) is 42.5 Å². The van der Waals surface area contributed by atoms with Crippen LogP contribution in [-0.4, -0.2) is 33.3 Å². The van der Waals surface area contributed by atoms with Crippen molar-refractivity contribution in [2.24, 2.45) is 0 Å². The monoisotopic (exact) mass is 354 g/mol. The summed E-state index contributed by atoms with van der Waals surface area (Å²) >= 11 is 5.97. The summed E-state index contributed by atoms with van der Waals surface area (Å²) < 4.78 is 6.59. The van der Waals surface area contributed by atoms with Crippen LogP contribution in [0.2, 0.25) is 5.02 Å². The second kappa shape index (κ2) is 6.29. The molecule has 0 radical (unpaired) electrons. The molecule has 0 atom stereocenters. The standard InChI is InChI=1S/C18H15ClN4O2/c1-25-18(24)14-8-13(11-4-6-15(19)7-5-11)9-16(10-14)23-17(12-2-3-12)20-21-22-23/h4-10,12H,2-3H2,1H3. The largest absolute Gasteiger partial charge is 0.465 e. The first-order valence-corrected chi connectivity index (χ1v) is 8.31. The van der Waals surface area contributed by atoms with Crippen molar-refractivity contribution in [2.45, 2.75) is 18.8 Å². The number of nitrogens with zero attached hydrogens (tertiary/aromatic N) is 4. The zero-order chi connectivity index (χ0) is 17.4. The molecule has 0 N–H and O–H groups in total. The maximum Gasteiger partial charge on any atom is 0.337 e. The summed E-state index contributed by atoms with van der Waals surface area (Å²) in [5.74, 6) is 0.804. The third kappa shape index (κ3) is 3.13. The van der Waals surface area contributed by atoms with Crippen molar-refractivity contribution in [1.82, 2.24) is 20.2 Å². The molecule has 1 heterocycles. The fraction of sp³-hybridized carbons (Fsp3) is 0.222. The predicted octanol–water partition coefficient (Wildman–Crippen LogP) is 3.65. The molecule has 1 aliphatic carbocycles. The van der Waals surface area contributed by atoms with Gasteiger partial charge in [-0.05, 0) is 64.7 Å². The number of aromatic nitrogens is 4. The Morgan fingerprint density at radius 1 is 1.16 bits per heavy atom. The first-order chi connectivity index (χ1) is 12.2. The summed E-state index contributed by atoms with van der Waals surface area (Å²) in [6.07, 6.45) is 2.17. The molecule has 0 saturated heterocycles. The molecule has 7 heteroatoms. The lowest BCUT2D eigenvalue weighted by molar-refractivity contribution is 0.0600. The molecule has 0 amide bonds.